The first-order valence-electron chi connectivity index (χ1n) is 6.19. The van der Waals surface area contributed by atoms with Crippen LogP contribution in [-0.2, 0) is 6.42 Å². The van der Waals surface area contributed by atoms with Gasteiger partial charge in [-0.1, -0.05) is 15.9 Å². The van der Waals surface area contributed by atoms with Crippen LogP contribution in [0.15, 0.2) is 22.7 Å². The summed E-state index contributed by atoms with van der Waals surface area (Å²) in [6.07, 6.45) is 0.610. The van der Waals surface area contributed by atoms with Gasteiger partial charge in [0.05, 0.1) is 0 Å². The van der Waals surface area contributed by atoms with Gasteiger partial charge in [-0.25, -0.2) is 13.2 Å². The van der Waals surface area contributed by atoms with Crippen molar-refractivity contribution in [1.29, 1.82) is 0 Å². The monoisotopic (exact) mass is 336 g/mol. The van der Waals surface area contributed by atoms with Crippen molar-refractivity contribution in [2.45, 2.75) is 37.6 Å². The summed E-state index contributed by atoms with van der Waals surface area (Å²) in [6, 6.07) is 4.09. The van der Waals surface area contributed by atoms with E-state index in [4.69, 9.17) is 5.84 Å². The first-order chi connectivity index (χ1) is 8.91. The molecule has 2 atom stereocenters. The largest absolute Gasteiger partial charge is 0.271 e. The smallest absolute Gasteiger partial charge is 0.248 e. The topological polar surface area (TPSA) is 38.0 Å². The van der Waals surface area contributed by atoms with Gasteiger partial charge in [0.15, 0.2) is 0 Å². The maximum atomic E-state index is 13.2. The van der Waals surface area contributed by atoms with Gasteiger partial charge in [0.1, 0.15) is 5.82 Å². The third-order valence-corrected chi connectivity index (χ3v) is 4.45. The van der Waals surface area contributed by atoms with Crippen LogP contribution in [0.1, 0.15) is 24.8 Å². The molecule has 1 aromatic rings. The highest BCUT2D eigenvalue weighted by Gasteiger charge is 2.42. The molecule has 0 heterocycles. The molecule has 2 nitrogen and oxygen atoms in total. The number of hydrogen-bond donors (Lipinski definition) is 2. The molecule has 0 bridgehead atoms. The summed E-state index contributed by atoms with van der Waals surface area (Å²) in [7, 11) is 0. The molecule has 19 heavy (non-hydrogen) atoms. The van der Waals surface area contributed by atoms with Crippen LogP contribution >= 0.6 is 15.9 Å². The quantitative estimate of drug-likeness (QED) is 0.653. The van der Waals surface area contributed by atoms with Crippen molar-refractivity contribution in [3.8, 4) is 0 Å². The minimum Gasteiger partial charge on any atom is -0.271 e. The molecular formula is C13H16BrF3N2. The Labute approximate surface area is 118 Å². The van der Waals surface area contributed by atoms with E-state index in [1.54, 1.807) is 6.07 Å². The summed E-state index contributed by atoms with van der Waals surface area (Å²) in [6.45, 7) is 0. The lowest BCUT2D eigenvalue weighted by Crippen LogP contribution is -2.42. The fourth-order valence-corrected chi connectivity index (χ4v) is 3.03. The maximum absolute atomic E-state index is 13.2. The van der Waals surface area contributed by atoms with Crippen molar-refractivity contribution >= 4 is 15.9 Å². The number of benzene rings is 1. The zero-order valence-electron chi connectivity index (χ0n) is 10.3. The van der Waals surface area contributed by atoms with E-state index in [9.17, 15) is 13.2 Å². The first kappa shape index (κ1) is 14.8. The minimum absolute atomic E-state index is 0.0971. The molecule has 0 spiro atoms. The van der Waals surface area contributed by atoms with Crippen molar-refractivity contribution in [1.82, 2.24) is 5.43 Å². The SMILES string of the molecule is NNC(Cc1cc(F)ccc1Br)C1CCC(F)(F)C1. The molecule has 1 aromatic carbocycles. The van der Waals surface area contributed by atoms with E-state index in [1.807, 2.05) is 0 Å². The predicted octanol–water partition coefficient (Wildman–Crippen LogP) is 3.40. The highest BCUT2D eigenvalue weighted by molar-refractivity contribution is 9.10. The molecule has 1 fully saturated rings. The minimum atomic E-state index is -2.60. The molecule has 1 saturated carbocycles. The molecule has 1 aliphatic rings. The van der Waals surface area contributed by atoms with Gasteiger partial charge in [-0.2, -0.15) is 0 Å². The number of alkyl halides is 2. The zero-order chi connectivity index (χ0) is 14.0. The Hall–Kier alpha value is -0.590. The Morgan fingerprint density at radius 3 is 2.79 bits per heavy atom. The lowest BCUT2D eigenvalue weighted by atomic mass is 9.92. The second-order valence-electron chi connectivity index (χ2n) is 5.07. The standard InChI is InChI=1S/C13H16BrF3N2/c14-11-2-1-10(15)5-9(11)6-12(19-18)8-3-4-13(16,17)7-8/h1-2,5,8,12,19H,3-4,6-7,18H2. The van der Waals surface area contributed by atoms with Crippen molar-refractivity contribution in [2.75, 3.05) is 0 Å². The summed E-state index contributed by atoms with van der Waals surface area (Å²) < 4.78 is 40.4. The van der Waals surface area contributed by atoms with Crippen LogP contribution in [0.3, 0.4) is 0 Å². The van der Waals surface area contributed by atoms with Gasteiger partial charge in [0.2, 0.25) is 5.92 Å². The Kier molecular flexibility index (Phi) is 4.53. The van der Waals surface area contributed by atoms with Gasteiger partial charge >= 0.3 is 0 Å². The van der Waals surface area contributed by atoms with Crippen LogP contribution in [0.2, 0.25) is 0 Å². The molecule has 1 aliphatic carbocycles. The van der Waals surface area contributed by atoms with Crippen molar-refractivity contribution in [3.05, 3.63) is 34.1 Å². The first-order valence-corrected chi connectivity index (χ1v) is 6.98. The van der Waals surface area contributed by atoms with E-state index in [-0.39, 0.29) is 30.6 Å². The maximum Gasteiger partial charge on any atom is 0.248 e. The van der Waals surface area contributed by atoms with Crippen LogP contribution in [0.4, 0.5) is 13.2 Å². The predicted molar refractivity (Wildman–Crippen MR) is 71.2 cm³/mol. The van der Waals surface area contributed by atoms with Gasteiger partial charge in [0, 0.05) is 23.4 Å². The average Bonchev–Trinajstić information content (AvgIpc) is 2.70. The van der Waals surface area contributed by atoms with E-state index >= 15 is 0 Å². The Bertz CT molecular complexity index is 454. The highest BCUT2D eigenvalue weighted by Crippen LogP contribution is 2.41. The molecule has 3 N–H and O–H groups in total. The van der Waals surface area contributed by atoms with Gasteiger partial charge in [-0.05, 0) is 42.5 Å². The third kappa shape index (κ3) is 3.70. The second-order valence-corrected chi connectivity index (χ2v) is 5.93. The van der Waals surface area contributed by atoms with Crippen molar-refractivity contribution in [3.63, 3.8) is 0 Å². The van der Waals surface area contributed by atoms with E-state index in [0.717, 1.165) is 10.0 Å². The second kappa shape index (κ2) is 5.81. The highest BCUT2D eigenvalue weighted by atomic mass is 79.9. The van der Waals surface area contributed by atoms with Crippen molar-refractivity contribution < 1.29 is 13.2 Å². The number of nitrogens with two attached hydrogens (primary N) is 1. The van der Waals surface area contributed by atoms with Crippen LogP contribution in [0.5, 0.6) is 0 Å². The summed E-state index contributed by atoms with van der Waals surface area (Å²) in [5, 5.41) is 0. The van der Waals surface area contributed by atoms with Crippen LogP contribution < -0.4 is 11.3 Å². The fourth-order valence-electron chi connectivity index (χ4n) is 2.63. The van der Waals surface area contributed by atoms with Gasteiger partial charge in [0.25, 0.3) is 0 Å². The van der Waals surface area contributed by atoms with Crippen molar-refractivity contribution in [2.24, 2.45) is 11.8 Å². The van der Waals surface area contributed by atoms with Crippen LogP contribution in [0, 0.1) is 11.7 Å². The molecule has 0 aromatic heterocycles. The number of hydrogen-bond acceptors (Lipinski definition) is 2. The summed E-state index contributed by atoms with van der Waals surface area (Å²) >= 11 is 3.34. The number of halogens is 4. The normalized spacial score (nSPS) is 23.5. The Morgan fingerprint density at radius 1 is 1.47 bits per heavy atom. The molecule has 2 unspecified atom stereocenters. The Balaban J connectivity index is 2.09. The summed E-state index contributed by atoms with van der Waals surface area (Å²) in [5.41, 5.74) is 3.33. The average molecular weight is 337 g/mol. The lowest BCUT2D eigenvalue weighted by Gasteiger charge is -2.23. The summed E-state index contributed by atoms with van der Waals surface area (Å²) in [5.74, 6) is 2.35. The number of nitrogens with one attached hydrogen (secondary N) is 1. The molecule has 0 saturated heterocycles. The lowest BCUT2D eigenvalue weighted by molar-refractivity contribution is 0.00330. The number of rotatable bonds is 4. The van der Waals surface area contributed by atoms with Crippen LogP contribution in [-0.4, -0.2) is 12.0 Å². The third-order valence-electron chi connectivity index (χ3n) is 3.67. The molecule has 106 valence electrons. The molecule has 0 amide bonds. The van der Waals surface area contributed by atoms with E-state index < -0.39 is 5.92 Å². The van der Waals surface area contributed by atoms with E-state index in [2.05, 4.69) is 21.4 Å². The zero-order valence-corrected chi connectivity index (χ0v) is 11.9. The van der Waals surface area contributed by atoms with Gasteiger partial charge in [-0.15, -0.1) is 0 Å². The molecule has 6 heteroatoms. The molecule has 0 aliphatic heterocycles. The fraction of sp³-hybridized carbons (Fsp3) is 0.538. The molecule has 0 radical (unpaired) electrons. The van der Waals surface area contributed by atoms with Crippen LogP contribution in [0.25, 0.3) is 0 Å². The molecular weight excluding hydrogens is 321 g/mol. The van der Waals surface area contributed by atoms with E-state index in [1.165, 1.54) is 12.1 Å². The Morgan fingerprint density at radius 2 is 2.21 bits per heavy atom. The van der Waals surface area contributed by atoms with Gasteiger partial charge < -0.3 is 0 Å². The number of hydrazine groups is 1. The van der Waals surface area contributed by atoms with E-state index in [0.29, 0.717) is 12.8 Å². The molecule has 2 rings (SSSR count). The summed E-state index contributed by atoms with van der Waals surface area (Å²) in [4.78, 5) is 0. The van der Waals surface area contributed by atoms with Gasteiger partial charge in [-0.3, -0.25) is 11.3 Å².